The molecule has 0 aliphatic heterocycles. The summed E-state index contributed by atoms with van der Waals surface area (Å²) in [6.45, 7) is 4.67. The molecule has 0 bridgehead atoms. The molecular formula is C14H23N5O. The zero-order valence-electron chi connectivity index (χ0n) is 12.4. The molecule has 0 fully saturated rings. The molecule has 0 aliphatic rings. The Labute approximate surface area is 119 Å². The van der Waals surface area contributed by atoms with E-state index in [-0.39, 0.29) is 0 Å². The molecule has 6 nitrogen and oxygen atoms in total. The average Bonchev–Trinajstić information content (AvgIpc) is 2.77. The minimum absolute atomic E-state index is 0.496. The number of fused-ring (bicyclic) bond motifs is 1. The van der Waals surface area contributed by atoms with Crippen molar-refractivity contribution >= 4 is 16.9 Å². The summed E-state index contributed by atoms with van der Waals surface area (Å²) in [5.41, 5.74) is -0.0114. The second-order valence-electron chi connectivity index (χ2n) is 5.34. The Morgan fingerprint density at radius 3 is 2.60 bits per heavy atom. The Bertz CT molecular complexity index is 560. The van der Waals surface area contributed by atoms with Gasteiger partial charge in [0, 0.05) is 19.8 Å². The summed E-state index contributed by atoms with van der Waals surface area (Å²) in [6, 6.07) is 0. The first-order valence-corrected chi connectivity index (χ1v) is 7.18. The SMILES string of the molecule is CCCC(O)(CCC)CNc1ncnc2nn(C)cc12. The van der Waals surface area contributed by atoms with Gasteiger partial charge in [0.05, 0.1) is 11.0 Å². The summed E-state index contributed by atoms with van der Waals surface area (Å²) in [4.78, 5) is 8.39. The van der Waals surface area contributed by atoms with Crippen LogP contribution in [0, 0.1) is 0 Å². The first-order chi connectivity index (χ1) is 9.58. The maximum atomic E-state index is 10.6. The standard InChI is InChI=1S/C14H23N5O/c1-4-6-14(20,7-5-2)9-15-12-11-8-19(3)18-13(11)17-10-16-12/h8,10,20H,4-7,9H2,1-3H3,(H,15,16,17,18). The predicted molar refractivity (Wildman–Crippen MR) is 79.6 cm³/mol. The Morgan fingerprint density at radius 1 is 1.25 bits per heavy atom. The van der Waals surface area contributed by atoms with Crippen LogP contribution >= 0.6 is 0 Å². The summed E-state index contributed by atoms with van der Waals surface area (Å²) in [5.74, 6) is 0.730. The number of aromatic nitrogens is 4. The normalized spacial score (nSPS) is 12.0. The smallest absolute Gasteiger partial charge is 0.186 e. The maximum Gasteiger partial charge on any atom is 0.186 e. The first-order valence-electron chi connectivity index (χ1n) is 7.18. The van der Waals surface area contributed by atoms with E-state index >= 15 is 0 Å². The van der Waals surface area contributed by atoms with E-state index in [4.69, 9.17) is 0 Å². The second kappa shape index (κ2) is 6.17. The van der Waals surface area contributed by atoms with E-state index in [0.29, 0.717) is 12.2 Å². The van der Waals surface area contributed by atoms with E-state index in [2.05, 4.69) is 34.2 Å². The molecular weight excluding hydrogens is 254 g/mol. The van der Waals surface area contributed by atoms with Crippen LogP contribution < -0.4 is 5.32 Å². The molecule has 0 atom stereocenters. The van der Waals surface area contributed by atoms with Crippen molar-refractivity contribution in [1.29, 1.82) is 0 Å². The van der Waals surface area contributed by atoms with Gasteiger partial charge in [-0.2, -0.15) is 5.10 Å². The van der Waals surface area contributed by atoms with Crippen LogP contribution in [-0.4, -0.2) is 37.0 Å². The van der Waals surface area contributed by atoms with Crippen molar-refractivity contribution in [2.24, 2.45) is 7.05 Å². The third kappa shape index (κ3) is 3.25. The lowest BCUT2D eigenvalue weighted by Gasteiger charge is -2.28. The summed E-state index contributed by atoms with van der Waals surface area (Å²) in [6.07, 6.45) is 6.88. The largest absolute Gasteiger partial charge is 0.388 e. The number of hydrogen-bond donors (Lipinski definition) is 2. The maximum absolute atomic E-state index is 10.6. The fourth-order valence-electron chi connectivity index (χ4n) is 2.57. The van der Waals surface area contributed by atoms with Crippen molar-refractivity contribution in [1.82, 2.24) is 19.7 Å². The fraction of sp³-hybridized carbons (Fsp3) is 0.643. The van der Waals surface area contributed by atoms with Gasteiger partial charge in [0.2, 0.25) is 0 Å². The van der Waals surface area contributed by atoms with Crippen LogP contribution in [0.5, 0.6) is 0 Å². The molecule has 2 heterocycles. The van der Waals surface area contributed by atoms with Crippen LogP contribution in [-0.2, 0) is 7.05 Å². The summed E-state index contributed by atoms with van der Waals surface area (Å²) in [7, 11) is 1.86. The van der Waals surface area contributed by atoms with Crippen molar-refractivity contribution in [3.05, 3.63) is 12.5 Å². The molecule has 2 N–H and O–H groups in total. The first kappa shape index (κ1) is 14.7. The van der Waals surface area contributed by atoms with E-state index in [0.717, 1.165) is 36.9 Å². The van der Waals surface area contributed by atoms with E-state index in [1.165, 1.54) is 6.33 Å². The Hall–Kier alpha value is -1.69. The Kier molecular flexibility index (Phi) is 4.54. The Balaban J connectivity index is 2.15. The second-order valence-corrected chi connectivity index (χ2v) is 5.34. The number of anilines is 1. The van der Waals surface area contributed by atoms with Crippen molar-refractivity contribution in [2.45, 2.75) is 45.1 Å². The molecule has 0 amide bonds. The average molecular weight is 277 g/mol. The van der Waals surface area contributed by atoms with E-state index in [1.807, 2.05) is 13.2 Å². The number of hydrogen-bond acceptors (Lipinski definition) is 5. The molecule has 0 aromatic carbocycles. The number of aryl methyl sites for hydroxylation is 1. The topological polar surface area (TPSA) is 75.9 Å². The van der Waals surface area contributed by atoms with E-state index in [9.17, 15) is 5.11 Å². The van der Waals surface area contributed by atoms with Crippen molar-refractivity contribution in [3.63, 3.8) is 0 Å². The summed E-state index contributed by atoms with van der Waals surface area (Å²) >= 11 is 0. The fourth-order valence-corrected chi connectivity index (χ4v) is 2.57. The van der Waals surface area contributed by atoms with Crippen LogP contribution in [0.25, 0.3) is 11.0 Å². The highest BCUT2D eigenvalue weighted by atomic mass is 16.3. The van der Waals surface area contributed by atoms with Crippen LogP contribution in [0.15, 0.2) is 12.5 Å². The number of nitrogens with one attached hydrogen (secondary N) is 1. The van der Waals surface area contributed by atoms with E-state index < -0.39 is 5.60 Å². The summed E-state index contributed by atoms with van der Waals surface area (Å²) in [5, 5.41) is 19.0. The molecule has 2 aromatic heterocycles. The van der Waals surface area contributed by atoms with Crippen molar-refractivity contribution < 1.29 is 5.11 Å². The lowest BCUT2D eigenvalue weighted by molar-refractivity contribution is 0.0343. The van der Waals surface area contributed by atoms with Gasteiger partial charge in [0.1, 0.15) is 12.1 Å². The predicted octanol–water partition coefficient (Wildman–Crippen LogP) is 2.11. The lowest BCUT2D eigenvalue weighted by Crippen LogP contribution is -2.36. The Morgan fingerprint density at radius 2 is 1.95 bits per heavy atom. The molecule has 0 radical (unpaired) electrons. The molecule has 6 heteroatoms. The molecule has 0 unspecified atom stereocenters. The molecule has 0 aliphatic carbocycles. The minimum atomic E-state index is -0.678. The molecule has 2 rings (SSSR count). The quantitative estimate of drug-likeness (QED) is 0.810. The molecule has 0 saturated carbocycles. The van der Waals surface area contributed by atoms with E-state index in [1.54, 1.807) is 4.68 Å². The summed E-state index contributed by atoms with van der Waals surface area (Å²) < 4.78 is 1.72. The van der Waals surface area contributed by atoms with Crippen LogP contribution in [0.1, 0.15) is 39.5 Å². The highest BCUT2D eigenvalue weighted by molar-refractivity contribution is 5.85. The van der Waals surface area contributed by atoms with Gasteiger partial charge >= 0.3 is 0 Å². The molecule has 2 aromatic rings. The van der Waals surface area contributed by atoms with Gasteiger partial charge in [0.25, 0.3) is 0 Å². The van der Waals surface area contributed by atoms with Gasteiger partial charge in [-0.1, -0.05) is 26.7 Å². The van der Waals surface area contributed by atoms with Crippen molar-refractivity contribution in [2.75, 3.05) is 11.9 Å². The van der Waals surface area contributed by atoms with Crippen LogP contribution in [0.4, 0.5) is 5.82 Å². The zero-order valence-corrected chi connectivity index (χ0v) is 12.4. The number of nitrogens with zero attached hydrogens (tertiary/aromatic N) is 4. The van der Waals surface area contributed by atoms with Gasteiger partial charge in [-0.3, -0.25) is 4.68 Å². The number of rotatable bonds is 7. The van der Waals surface area contributed by atoms with Gasteiger partial charge < -0.3 is 10.4 Å². The lowest BCUT2D eigenvalue weighted by atomic mass is 9.92. The zero-order chi connectivity index (χ0) is 14.6. The third-order valence-corrected chi connectivity index (χ3v) is 3.45. The molecule has 20 heavy (non-hydrogen) atoms. The monoisotopic (exact) mass is 277 g/mol. The van der Waals surface area contributed by atoms with Crippen LogP contribution in [0.3, 0.4) is 0 Å². The molecule has 0 spiro atoms. The van der Waals surface area contributed by atoms with Gasteiger partial charge in [-0.25, -0.2) is 9.97 Å². The number of aliphatic hydroxyl groups is 1. The third-order valence-electron chi connectivity index (χ3n) is 3.45. The van der Waals surface area contributed by atoms with Crippen LogP contribution in [0.2, 0.25) is 0 Å². The highest BCUT2D eigenvalue weighted by Gasteiger charge is 2.25. The van der Waals surface area contributed by atoms with Gasteiger partial charge in [0.15, 0.2) is 5.65 Å². The highest BCUT2D eigenvalue weighted by Crippen LogP contribution is 2.22. The van der Waals surface area contributed by atoms with Gasteiger partial charge in [-0.15, -0.1) is 0 Å². The molecule has 110 valence electrons. The minimum Gasteiger partial charge on any atom is -0.388 e. The van der Waals surface area contributed by atoms with Gasteiger partial charge in [-0.05, 0) is 12.8 Å². The van der Waals surface area contributed by atoms with Crippen molar-refractivity contribution in [3.8, 4) is 0 Å². The molecule has 0 saturated heterocycles.